The maximum Gasteiger partial charge on any atom is 0.260 e. The van der Waals surface area contributed by atoms with Gasteiger partial charge in [0, 0.05) is 23.8 Å². The number of hydrogen-bond acceptors (Lipinski definition) is 5. The molecule has 0 aliphatic carbocycles. The summed E-state index contributed by atoms with van der Waals surface area (Å²) < 4.78 is 27.1. The van der Waals surface area contributed by atoms with E-state index in [1.165, 1.54) is 0 Å². The third kappa shape index (κ3) is 4.02. The van der Waals surface area contributed by atoms with Crippen LogP contribution in [0.1, 0.15) is 32.0 Å². The summed E-state index contributed by atoms with van der Waals surface area (Å²) in [6.07, 6.45) is 0. The number of hydrogen-bond donors (Lipinski definition) is 3. The number of aliphatic hydroxyl groups excluding tert-OH is 1. The number of H-pyrrole nitrogens is 1. The van der Waals surface area contributed by atoms with Crippen molar-refractivity contribution in [2.75, 3.05) is 19.6 Å². The molecule has 0 radical (unpaired) electrons. The van der Waals surface area contributed by atoms with E-state index < -0.39 is 10.0 Å². The Kier molecular flexibility index (Phi) is 6.12. The number of nitrogens with one attached hydrogen (secondary N) is 2. The number of aromatic nitrogens is 2. The molecule has 0 saturated heterocycles. The Labute approximate surface area is 120 Å². The number of rotatable bonds is 8. The molecule has 0 bridgehead atoms. The standard InChI is InChI=1S/C12H24N4O3S/c1-5-16(6-2)7-9(3)15-20(18,19)12-11(8-17)10(4)13-14-12/h9,15,17H,5-8H2,1-4H3,(H,13,14). The van der Waals surface area contributed by atoms with Crippen molar-refractivity contribution in [1.82, 2.24) is 19.8 Å². The van der Waals surface area contributed by atoms with Crippen LogP contribution in [0.25, 0.3) is 0 Å². The minimum absolute atomic E-state index is 0.121. The third-order valence-electron chi connectivity index (χ3n) is 3.23. The third-order valence-corrected chi connectivity index (χ3v) is 4.79. The van der Waals surface area contributed by atoms with Crippen molar-refractivity contribution < 1.29 is 13.5 Å². The maximum atomic E-state index is 12.3. The molecule has 1 aromatic rings. The lowest BCUT2D eigenvalue weighted by atomic mass is 10.3. The van der Waals surface area contributed by atoms with E-state index in [9.17, 15) is 13.5 Å². The number of likely N-dealkylation sites (N-methyl/N-ethyl adjacent to an activating group) is 1. The Morgan fingerprint density at radius 1 is 1.40 bits per heavy atom. The maximum absolute atomic E-state index is 12.3. The number of aromatic amines is 1. The second-order valence-corrected chi connectivity index (χ2v) is 6.43. The predicted molar refractivity (Wildman–Crippen MR) is 76.8 cm³/mol. The van der Waals surface area contributed by atoms with E-state index in [4.69, 9.17) is 0 Å². The largest absolute Gasteiger partial charge is 0.392 e. The zero-order chi connectivity index (χ0) is 15.3. The number of aryl methyl sites for hydroxylation is 1. The molecule has 0 spiro atoms. The van der Waals surface area contributed by atoms with Gasteiger partial charge in [0.25, 0.3) is 10.0 Å². The van der Waals surface area contributed by atoms with Gasteiger partial charge in [0.1, 0.15) is 0 Å². The van der Waals surface area contributed by atoms with Crippen molar-refractivity contribution in [2.24, 2.45) is 0 Å². The van der Waals surface area contributed by atoms with Crippen LogP contribution >= 0.6 is 0 Å². The quantitative estimate of drug-likeness (QED) is 0.638. The molecule has 20 heavy (non-hydrogen) atoms. The van der Waals surface area contributed by atoms with Crippen LogP contribution in [-0.4, -0.2) is 54.3 Å². The Balaban J connectivity index is 2.84. The number of aliphatic hydroxyl groups is 1. The molecule has 1 unspecified atom stereocenters. The summed E-state index contributed by atoms with van der Waals surface area (Å²) in [5, 5.41) is 15.5. The Bertz CT molecular complexity index is 523. The lowest BCUT2D eigenvalue weighted by Crippen LogP contribution is -2.42. The summed E-state index contributed by atoms with van der Waals surface area (Å²) in [4.78, 5) is 2.13. The molecular formula is C12H24N4O3S. The van der Waals surface area contributed by atoms with E-state index in [0.29, 0.717) is 17.8 Å². The van der Waals surface area contributed by atoms with Crippen LogP contribution in [0, 0.1) is 6.92 Å². The highest BCUT2D eigenvalue weighted by molar-refractivity contribution is 7.89. The fourth-order valence-corrected chi connectivity index (χ4v) is 3.49. The first-order valence-corrected chi connectivity index (χ1v) is 8.23. The Morgan fingerprint density at radius 3 is 2.50 bits per heavy atom. The van der Waals surface area contributed by atoms with E-state index in [-0.39, 0.29) is 17.7 Å². The van der Waals surface area contributed by atoms with E-state index in [1.807, 2.05) is 20.8 Å². The van der Waals surface area contributed by atoms with E-state index in [0.717, 1.165) is 13.1 Å². The lowest BCUT2D eigenvalue weighted by molar-refractivity contribution is 0.276. The van der Waals surface area contributed by atoms with Gasteiger partial charge in [0.15, 0.2) is 5.03 Å². The second kappa shape index (κ2) is 7.16. The highest BCUT2D eigenvalue weighted by Crippen LogP contribution is 2.16. The smallest absolute Gasteiger partial charge is 0.260 e. The van der Waals surface area contributed by atoms with E-state index >= 15 is 0 Å². The molecule has 116 valence electrons. The minimum atomic E-state index is -3.72. The number of nitrogens with zero attached hydrogens (tertiary/aromatic N) is 2. The molecule has 1 atom stereocenters. The van der Waals surface area contributed by atoms with Crippen LogP contribution in [-0.2, 0) is 16.6 Å². The zero-order valence-corrected chi connectivity index (χ0v) is 13.3. The van der Waals surface area contributed by atoms with Crippen molar-refractivity contribution in [3.8, 4) is 0 Å². The van der Waals surface area contributed by atoms with Gasteiger partial charge in [-0.1, -0.05) is 13.8 Å². The Morgan fingerprint density at radius 2 is 2.00 bits per heavy atom. The van der Waals surface area contributed by atoms with Gasteiger partial charge in [0.2, 0.25) is 0 Å². The van der Waals surface area contributed by atoms with Crippen molar-refractivity contribution >= 4 is 10.0 Å². The lowest BCUT2D eigenvalue weighted by Gasteiger charge is -2.23. The van der Waals surface area contributed by atoms with Crippen molar-refractivity contribution in [1.29, 1.82) is 0 Å². The van der Waals surface area contributed by atoms with Gasteiger partial charge < -0.3 is 10.0 Å². The normalized spacial score (nSPS) is 13.9. The molecule has 0 aliphatic rings. The van der Waals surface area contributed by atoms with Crippen LogP contribution in [0.15, 0.2) is 5.03 Å². The van der Waals surface area contributed by atoms with Gasteiger partial charge in [-0.25, -0.2) is 13.1 Å². The first-order valence-electron chi connectivity index (χ1n) is 6.75. The fourth-order valence-electron chi connectivity index (χ4n) is 2.07. The molecule has 0 fully saturated rings. The van der Waals surface area contributed by atoms with E-state index in [1.54, 1.807) is 6.92 Å². The van der Waals surface area contributed by atoms with Gasteiger partial charge >= 0.3 is 0 Å². The molecule has 0 aromatic carbocycles. The summed E-state index contributed by atoms with van der Waals surface area (Å²) in [7, 11) is -3.72. The first kappa shape index (κ1) is 17.1. The molecular weight excluding hydrogens is 280 g/mol. The second-order valence-electron chi connectivity index (χ2n) is 4.80. The molecule has 1 rings (SSSR count). The van der Waals surface area contributed by atoms with Crippen LogP contribution in [0.2, 0.25) is 0 Å². The first-order chi connectivity index (χ1) is 9.35. The van der Waals surface area contributed by atoms with Crippen LogP contribution in [0.3, 0.4) is 0 Å². The van der Waals surface area contributed by atoms with Crippen molar-refractivity contribution in [3.63, 3.8) is 0 Å². The van der Waals surface area contributed by atoms with Crippen molar-refractivity contribution in [2.45, 2.75) is 45.4 Å². The molecule has 3 N–H and O–H groups in total. The van der Waals surface area contributed by atoms with Gasteiger partial charge in [-0.3, -0.25) is 5.10 Å². The highest BCUT2D eigenvalue weighted by Gasteiger charge is 2.25. The molecule has 0 amide bonds. The molecule has 8 heteroatoms. The summed E-state index contributed by atoms with van der Waals surface area (Å²) in [5.41, 5.74) is 0.872. The average molecular weight is 304 g/mol. The van der Waals surface area contributed by atoms with Gasteiger partial charge in [-0.05, 0) is 26.9 Å². The molecule has 0 saturated carbocycles. The summed E-state index contributed by atoms with van der Waals surface area (Å²) >= 11 is 0. The average Bonchev–Trinajstić information content (AvgIpc) is 2.77. The molecule has 0 aliphatic heterocycles. The summed E-state index contributed by atoms with van der Waals surface area (Å²) in [6, 6.07) is -0.233. The van der Waals surface area contributed by atoms with Gasteiger partial charge in [-0.2, -0.15) is 5.10 Å². The van der Waals surface area contributed by atoms with Crippen LogP contribution in [0.5, 0.6) is 0 Å². The van der Waals surface area contributed by atoms with Crippen LogP contribution < -0.4 is 4.72 Å². The zero-order valence-electron chi connectivity index (χ0n) is 12.5. The predicted octanol–water partition coefficient (Wildman–Crippen LogP) is 0.219. The molecule has 1 aromatic heterocycles. The highest BCUT2D eigenvalue weighted by atomic mass is 32.2. The fraction of sp³-hybridized carbons (Fsp3) is 0.750. The Hall–Kier alpha value is -0.960. The molecule has 1 heterocycles. The van der Waals surface area contributed by atoms with Crippen molar-refractivity contribution in [3.05, 3.63) is 11.3 Å². The monoisotopic (exact) mass is 304 g/mol. The topological polar surface area (TPSA) is 98.3 Å². The minimum Gasteiger partial charge on any atom is -0.392 e. The molecule has 7 nitrogen and oxygen atoms in total. The SMILES string of the molecule is CCN(CC)CC(C)NS(=O)(=O)c1n[nH]c(C)c1CO. The summed E-state index contributed by atoms with van der Waals surface area (Å²) in [5.74, 6) is 0. The number of sulfonamides is 1. The van der Waals surface area contributed by atoms with Gasteiger partial charge in [-0.15, -0.1) is 0 Å². The van der Waals surface area contributed by atoms with Gasteiger partial charge in [0.05, 0.1) is 6.61 Å². The van der Waals surface area contributed by atoms with E-state index in [2.05, 4.69) is 19.8 Å². The van der Waals surface area contributed by atoms with Crippen LogP contribution in [0.4, 0.5) is 0 Å². The summed E-state index contributed by atoms with van der Waals surface area (Å²) in [6.45, 7) is 9.56.